The minimum atomic E-state index is 0.411. The van der Waals surface area contributed by atoms with Crippen molar-refractivity contribution in [3.8, 4) is 0 Å². The van der Waals surface area contributed by atoms with Crippen LogP contribution in [0.4, 0.5) is 0 Å². The Morgan fingerprint density at radius 1 is 1.54 bits per heavy atom. The summed E-state index contributed by atoms with van der Waals surface area (Å²) in [5, 5.41) is 7.32. The van der Waals surface area contributed by atoms with Crippen LogP contribution in [0.25, 0.3) is 0 Å². The molecule has 0 heterocycles. The maximum atomic E-state index is 5.16. The molecular weight excluding hydrogens is 182 g/mol. The average Bonchev–Trinajstić information content (AvgIpc) is 2.67. The molecule has 0 aromatic carbocycles. The van der Waals surface area contributed by atoms with Crippen LogP contribution in [0, 0.1) is 0 Å². The summed E-state index contributed by atoms with van der Waals surface area (Å²) in [6.45, 7) is 3.15. The van der Waals surface area contributed by atoms with Gasteiger partial charge in [-0.15, -0.1) is 0 Å². The molecule has 0 bridgehead atoms. The number of nitrogens with one attached hydrogen (secondary N) is 2. The first-order valence-electron chi connectivity index (χ1n) is 4.79. The van der Waals surface area contributed by atoms with Crippen LogP contribution >= 0.6 is 12.2 Å². The van der Waals surface area contributed by atoms with E-state index < -0.39 is 0 Å². The fourth-order valence-electron chi connectivity index (χ4n) is 1.27. The van der Waals surface area contributed by atoms with E-state index in [1.165, 1.54) is 12.8 Å². The van der Waals surface area contributed by atoms with Crippen LogP contribution < -0.4 is 10.6 Å². The molecule has 4 heteroatoms. The molecule has 1 fully saturated rings. The summed E-state index contributed by atoms with van der Waals surface area (Å²) in [7, 11) is 4.13. The molecule has 3 nitrogen and oxygen atoms in total. The van der Waals surface area contributed by atoms with Crippen molar-refractivity contribution in [3.05, 3.63) is 0 Å². The molecule has 1 unspecified atom stereocenters. The molecule has 0 aromatic rings. The number of nitrogens with zero attached hydrogens (tertiary/aromatic N) is 1. The molecule has 13 heavy (non-hydrogen) atoms. The quantitative estimate of drug-likeness (QED) is 0.650. The standard InChI is InChI=1S/C9H19N3S/c1-7(6-12(2)3)10-9(13)11-8-4-5-8/h7-8H,4-6H2,1-3H3,(H2,10,11,13). The van der Waals surface area contributed by atoms with Crippen LogP contribution in [0.2, 0.25) is 0 Å². The van der Waals surface area contributed by atoms with Gasteiger partial charge in [0.25, 0.3) is 0 Å². The van der Waals surface area contributed by atoms with Gasteiger partial charge < -0.3 is 15.5 Å². The maximum absolute atomic E-state index is 5.16. The lowest BCUT2D eigenvalue weighted by atomic mass is 10.3. The first-order valence-corrected chi connectivity index (χ1v) is 5.20. The fraction of sp³-hybridized carbons (Fsp3) is 0.889. The van der Waals surface area contributed by atoms with E-state index in [4.69, 9.17) is 12.2 Å². The van der Waals surface area contributed by atoms with Crippen molar-refractivity contribution in [2.24, 2.45) is 0 Å². The van der Waals surface area contributed by atoms with Crippen LogP contribution in [-0.4, -0.2) is 42.7 Å². The smallest absolute Gasteiger partial charge is 0.166 e. The highest BCUT2D eigenvalue weighted by Crippen LogP contribution is 2.18. The van der Waals surface area contributed by atoms with Crippen molar-refractivity contribution in [1.29, 1.82) is 0 Å². The molecule has 1 aliphatic carbocycles. The minimum Gasteiger partial charge on any atom is -0.360 e. The van der Waals surface area contributed by atoms with Crippen LogP contribution in [0.1, 0.15) is 19.8 Å². The Hall–Kier alpha value is -0.350. The predicted molar refractivity (Wildman–Crippen MR) is 59.9 cm³/mol. The lowest BCUT2D eigenvalue weighted by Crippen LogP contribution is -2.45. The summed E-state index contributed by atoms with van der Waals surface area (Å²) < 4.78 is 0. The Morgan fingerprint density at radius 3 is 2.62 bits per heavy atom. The third-order valence-electron chi connectivity index (χ3n) is 1.93. The number of thiocarbonyl (C=S) groups is 1. The van der Waals surface area contributed by atoms with Gasteiger partial charge in [-0.2, -0.15) is 0 Å². The van der Waals surface area contributed by atoms with Crippen molar-refractivity contribution < 1.29 is 0 Å². The Morgan fingerprint density at radius 2 is 2.15 bits per heavy atom. The molecule has 1 rings (SSSR count). The Bertz CT molecular complexity index is 178. The molecule has 1 aliphatic rings. The second-order valence-corrected chi connectivity index (χ2v) is 4.46. The van der Waals surface area contributed by atoms with E-state index >= 15 is 0 Å². The Labute approximate surface area is 85.9 Å². The van der Waals surface area contributed by atoms with Gasteiger partial charge in [0, 0.05) is 18.6 Å². The summed E-state index contributed by atoms with van der Waals surface area (Å²) in [6.07, 6.45) is 2.54. The SMILES string of the molecule is CC(CN(C)C)NC(=S)NC1CC1. The molecule has 0 aromatic heterocycles. The molecular formula is C9H19N3S. The van der Waals surface area contributed by atoms with E-state index in [0.29, 0.717) is 12.1 Å². The molecule has 0 saturated heterocycles. The van der Waals surface area contributed by atoms with Gasteiger partial charge in [-0.05, 0) is 46.1 Å². The molecule has 0 amide bonds. The molecule has 0 spiro atoms. The Kier molecular flexibility index (Phi) is 3.93. The molecule has 0 radical (unpaired) electrons. The minimum absolute atomic E-state index is 0.411. The third-order valence-corrected chi connectivity index (χ3v) is 2.16. The second-order valence-electron chi connectivity index (χ2n) is 4.06. The van der Waals surface area contributed by atoms with Gasteiger partial charge >= 0.3 is 0 Å². The molecule has 76 valence electrons. The van der Waals surface area contributed by atoms with Crippen LogP contribution in [0.15, 0.2) is 0 Å². The highest BCUT2D eigenvalue weighted by molar-refractivity contribution is 7.80. The number of hydrogen-bond donors (Lipinski definition) is 2. The predicted octanol–water partition coefficient (Wildman–Crippen LogP) is 0.563. The number of rotatable bonds is 4. The van der Waals surface area contributed by atoms with Crippen molar-refractivity contribution in [2.75, 3.05) is 20.6 Å². The van der Waals surface area contributed by atoms with Gasteiger partial charge in [-0.1, -0.05) is 0 Å². The summed E-state index contributed by atoms with van der Waals surface area (Å²) in [6, 6.07) is 1.06. The van der Waals surface area contributed by atoms with E-state index in [0.717, 1.165) is 11.7 Å². The maximum Gasteiger partial charge on any atom is 0.166 e. The zero-order valence-corrected chi connectivity index (χ0v) is 9.45. The van der Waals surface area contributed by atoms with E-state index in [-0.39, 0.29) is 0 Å². The van der Waals surface area contributed by atoms with Crippen molar-refractivity contribution in [3.63, 3.8) is 0 Å². The van der Waals surface area contributed by atoms with Gasteiger partial charge in [0.2, 0.25) is 0 Å². The van der Waals surface area contributed by atoms with Crippen LogP contribution in [0.3, 0.4) is 0 Å². The van der Waals surface area contributed by atoms with E-state index in [1.54, 1.807) is 0 Å². The lowest BCUT2D eigenvalue weighted by Gasteiger charge is -2.20. The first kappa shape index (κ1) is 10.7. The monoisotopic (exact) mass is 201 g/mol. The van der Waals surface area contributed by atoms with Crippen molar-refractivity contribution >= 4 is 17.3 Å². The zero-order valence-electron chi connectivity index (χ0n) is 8.63. The lowest BCUT2D eigenvalue weighted by molar-refractivity contribution is 0.369. The normalized spacial score (nSPS) is 18.5. The topological polar surface area (TPSA) is 27.3 Å². The second kappa shape index (κ2) is 4.77. The molecule has 1 atom stereocenters. The van der Waals surface area contributed by atoms with Crippen LogP contribution in [0.5, 0.6) is 0 Å². The first-order chi connectivity index (χ1) is 6.08. The van der Waals surface area contributed by atoms with Crippen LogP contribution in [-0.2, 0) is 0 Å². The zero-order chi connectivity index (χ0) is 9.84. The largest absolute Gasteiger partial charge is 0.360 e. The van der Waals surface area contributed by atoms with E-state index in [1.807, 2.05) is 0 Å². The summed E-state index contributed by atoms with van der Waals surface area (Å²) in [5.41, 5.74) is 0. The van der Waals surface area contributed by atoms with Gasteiger partial charge in [0.15, 0.2) is 5.11 Å². The van der Waals surface area contributed by atoms with Gasteiger partial charge in [0.1, 0.15) is 0 Å². The highest BCUT2D eigenvalue weighted by Gasteiger charge is 2.22. The Balaban J connectivity index is 2.10. The summed E-state index contributed by atoms with van der Waals surface area (Å²) >= 11 is 5.16. The fourth-order valence-corrected chi connectivity index (χ4v) is 1.64. The van der Waals surface area contributed by atoms with E-state index in [2.05, 4.69) is 36.6 Å². The number of hydrogen-bond acceptors (Lipinski definition) is 2. The molecule has 1 saturated carbocycles. The highest BCUT2D eigenvalue weighted by atomic mass is 32.1. The number of likely N-dealkylation sites (N-methyl/N-ethyl adjacent to an activating group) is 1. The van der Waals surface area contributed by atoms with Gasteiger partial charge in [0.05, 0.1) is 0 Å². The molecule has 0 aliphatic heterocycles. The average molecular weight is 201 g/mol. The third kappa shape index (κ3) is 5.05. The molecule has 2 N–H and O–H groups in total. The van der Waals surface area contributed by atoms with Crippen molar-refractivity contribution in [2.45, 2.75) is 31.8 Å². The van der Waals surface area contributed by atoms with E-state index in [9.17, 15) is 0 Å². The summed E-state index contributed by atoms with van der Waals surface area (Å²) in [5.74, 6) is 0. The van der Waals surface area contributed by atoms with Crippen molar-refractivity contribution in [1.82, 2.24) is 15.5 Å². The van der Waals surface area contributed by atoms with Gasteiger partial charge in [-0.3, -0.25) is 0 Å². The van der Waals surface area contributed by atoms with Gasteiger partial charge in [-0.25, -0.2) is 0 Å². The summed E-state index contributed by atoms with van der Waals surface area (Å²) in [4.78, 5) is 2.15.